The standard InChI is InChI=1S/C74H116O6/c1-4-7-10-13-16-19-22-25-27-29-31-33-35-36-37-38-40-41-43-45-47-49-52-55-58-61-64-67-73(76)79-70-71(69-78-72(75)66-63-60-57-54-51-24-21-18-15-12-9-6-3)80-74(77)68-65-62-59-56-53-50-48-46-44-42-39-34-32-30-28-26-23-20-17-14-11-8-5-2/h7-8,10-11,16-21,25-28,31-34,36-37,40-42,44-45,47,52,55,71H,4-6,9,12-15,22-24,29-30,35,38-39,43,46,48-51,53-54,56-70H2,1-3H3/b10-7-,11-8-,19-16-,20-17-,21-18-,27-25-,28-26-,33-31-,34-32-,37-36-,41-40-,44-42-,47-45-,55-52-. The maximum absolute atomic E-state index is 12.9. The first-order valence-corrected chi connectivity index (χ1v) is 32.1. The molecule has 0 saturated carbocycles. The predicted molar refractivity (Wildman–Crippen MR) is 348 cm³/mol. The van der Waals surface area contributed by atoms with E-state index in [1.807, 2.05) is 0 Å². The van der Waals surface area contributed by atoms with E-state index in [0.717, 1.165) is 161 Å². The number of esters is 3. The number of hydrogen-bond donors (Lipinski definition) is 0. The van der Waals surface area contributed by atoms with E-state index in [1.165, 1.54) is 51.4 Å². The molecule has 0 amide bonds. The van der Waals surface area contributed by atoms with Gasteiger partial charge in [-0.2, -0.15) is 0 Å². The Morgan fingerprint density at radius 2 is 0.487 bits per heavy atom. The number of unbranched alkanes of at least 4 members (excludes halogenated alkanes) is 17. The number of ether oxygens (including phenoxy) is 3. The Morgan fingerprint density at radius 3 is 0.800 bits per heavy atom. The van der Waals surface area contributed by atoms with Crippen LogP contribution in [0.15, 0.2) is 170 Å². The van der Waals surface area contributed by atoms with Gasteiger partial charge < -0.3 is 14.2 Å². The van der Waals surface area contributed by atoms with Crippen LogP contribution in [0.5, 0.6) is 0 Å². The predicted octanol–water partition coefficient (Wildman–Crippen LogP) is 22.3. The molecule has 0 aromatic heterocycles. The lowest BCUT2D eigenvalue weighted by Gasteiger charge is -2.18. The topological polar surface area (TPSA) is 78.9 Å². The monoisotopic (exact) mass is 1100 g/mol. The van der Waals surface area contributed by atoms with Crippen LogP contribution in [0.2, 0.25) is 0 Å². The Hall–Kier alpha value is -5.23. The lowest BCUT2D eigenvalue weighted by Crippen LogP contribution is -2.30. The van der Waals surface area contributed by atoms with Gasteiger partial charge in [0.15, 0.2) is 6.10 Å². The van der Waals surface area contributed by atoms with Gasteiger partial charge in [-0.3, -0.25) is 14.4 Å². The molecule has 6 nitrogen and oxygen atoms in total. The van der Waals surface area contributed by atoms with E-state index in [9.17, 15) is 14.4 Å². The summed E-state index contributed by atoms with van der Waals surface area (Å²) in [6.07, 6.45) is 97.8. The lowest BCUT2D eigenvalue weighted by molar-refractivity contribution is -0.167. The highest BCUT2D eigenvalue weighted by molar-refractivity contribution is 5.71. The van der Waals surface area contributed by atoms with Crippen LogP contribution >= 0.6 is 0 Å². The molecule has 1 unspecified atom stereocenters. The van der Waals surface area contributed by atoms with E-state index < -0.39 is 6.10 Å². The van der Waals surface area contributed by atoms with Crippen molar-refractivity contribution in [3.8, 4) is 0 Å². The summed E-state index contributed by atoms with van der Waals surface area (Å²) >= 11 is 0. The number of carbonyl (C=O) groups is 3. The summed E-state index contributed by atoms with van der Waals surface area (Å²) in [6.45, 7) is 6.33. The van der Waals surface area contributed by atoms with Gasteiger partial charge in [-0.15, -0.1) is 0 Å². The zero-order valence-electron chi connectivity index (χ0n) is 51.3. The molecule has 0 heterocycles. The van der Waals surface area contributed by atoms with Gasteiger partial charge >= 0.3 is 17.9 Å². The second-order valence-electron chi connectivity index (χ2n) is 20.5. The molecular formula is C74H116O6. The Bertz CT molecular complexity index is 1840. The van der Waals surface area contributed by atoms with E-state index in [4.69, 9.17) is 14.2 Å². The van der Waals surface area contributed by atoms with Crippen molar-refractivity contribution >= 4 is 17.9 Å². The third kappa shape index (κ3) is 63.6. The fourth-order valence-corrected chi connectivity index (χ4v) is 8.18. The summed E-state index contributed by atoms with van der Waals surface area (Å²) in [4.78, 5) is 38.3. The van der Waals surface area contributed by atoms with Crippen LogP contribution < -0.4 is 0 Å². The summed E-state index contributed by atoms with van der Waals surface area (Å²) in [5.41, 5.74) is 0. The molecule has 0 rings (SSSR count). The molecule has 0 spiro atoms. The molecule has 0 saturated heterocycles. The van der Waals surface area contributed by atoms with Crippen molar-refractivity contribution in [2.45, 2.75) is 264 Å². The highest BCUT2D eigenvalue weighted by Crippen LogP contribution is 2.14. The first kappa shape index (κ1) is 74.8. The van der Waals surface area contributed by atoms with Crippen LogP contribution in [-0.2, 0) is 28.6 Å². The van der Waals surface area contributed by atoms with Crippen molar-refractivity contribution in [3.63, 3.8) is 0 Å². The summed E-state index contributed by atoms with van der Waals surface area (Å²) < 4.78 is 16.9. The molecule has 0 radical (unpaired) electrons. The Labute approximate surface area is 492 Å². The van der Waals surface area contributed by atoms with Gasteiger partial charge in [-0.1, -0.05) is 255 Å². The van der Waals surface area contributed by atoms with Gasteiger partial charge in [0.05, 0.1) is 0 Å². The van der Waals surface area contributed by atoms with Crippen LogP contribution in [0, 0.1) is 0 Å². The van der Waals surface area contributed by atoms with Crippen molar-refractivity contribution in [1.82, 2.24) is 0 Å². The molecule has 0 aromatic carbocycles. The first-order chi connectivity index (χ1) is 39.5. The van der Waals surface area contributed by atoms with Gasteiger partial charge in [-0.25, -0.2) is 0 Å². The quantitative estimate of drug-likeness (QED) is 0.0261. The minimum atomic E-state index is -0.816. The number of carbonyl (C=O) groups excluding carboxylic acids is 3. The van der Waals surface area contributed by atoms with Gasteiger partial charge in [0.2, 0.25) is 0 Å². The molecule has 1 atom stereocenters. The summed E-state index contributed by atoms with van der Waals surface area (Å²) in [5.74, 6) is -0.979. The number of rotatable bonds is 56. The Morgan fingerprint density at radius 1 is 0.263 bits per heavy atom. The molecule has 0 N–H and O–H groups in total. The number of allylic oxidation sites excluding steroid dienone is 28. The molecule has 0 aliphatic carbocycles. The van der Waals surface area contributed by atoms with Crippen molar-refractivity contribution in [1.29, 1.82) is 0 Å². The van der Waals surface area contributed by atoms with E-state index in [2.05, 4.69) is 191 Å². The van der Waals surface area contributed by atoms with Crippen LogP contribution in [0.1, 0.15) is 258 Å². The van der Waals surface area contributed by atoms with E-state index >= 15 is 0 Å². The van der Waals surface area contributed by atoms with E-state index in [-0.39, 0.29) is 31.1 Å². The Balaban J connectivity index is 4.47. The second kappa shape index (κ2) is 66.3. The van der Waals surface area contributed by atoms with Gasteiger partial charge in [-0.05, 0) is 154 Å². The largest absolute Gasteiger partial charge is 0.462 e. The molecule has 0 aromatic rings. The smallest absolute Gasteiger partial charge is 0.306 e. The average Bonchev–Trinajstić information content (AvgIpc) is 3.46. The second-order valence-corrected chi connectivity index (χ2v) is 20.5. The fraction of sp³-hybridized carbons (Fsp3) is 0.581. The molecule has 0 bridgehead atoms. The van der Waals surface area contributed by atoms with Crippen molar-refractivity contribution in [2.24, 2.45) is 0 Å². The zero-order chi connectivity index (χ0) is 57.8. The van der Waals surface area contributed by atoms with Gasteiger partial charge in [0, 0.05) is 19.3 Å². The minimum absolute atomic E-state index is 0.108. The van der Waals surface area contributed by atoms with Gasteiger partial charge in [0.25, 0.3) is 0 Å². The normalized spacial score (nSPS) is 13.3. The van der Waals surface area contributed by atoms with Crippen molar-refractivity contribution < 1.29 is 28.6 Å². The van der Waals surface area contributed by atoms with Crippen LogP contribution in [0.25, 0.3) is 0 Å². The molecule has 448 valence electrons. The lowest BCUT2D eigenvalue weighted by atomic mass is 10.1. The number of hydrogen-bond acceptors (Lipinski definition) is 6. The van der Waals surface area contributed by atoms with Crippen LogP contribution in [0.4, 0.5) is 0 Å². The van der Waals surface area contributed by atoms with E-state index in [0.29, 0.717) is 25.7 Å². The highest BCUT2D eigenvalue weighted by Gasteiger charge is 2.19. The maximum Gasteiger partial charge on any atom is 0.306 e. The fourth-order valence-electron chi connectivity index (χ4n) is 8.18. The minimum Gasteiger partial charge on any atom is -0.462 e. The molecule has 6 heteroatoms. The van der Waals surface area contributed by atoms with Gasteiger partial charge in [0.1, 0.15) is 13.2 Å². The maximum atomic E-state index is 12.9. The Kier molecular flexibility index (Phi) is 61.9. The summed E-state index contributed by atoms with van der Waals surface area (Å²) in [6, 6.07) is 0. The zero-order valence-corrected chi connectivity index (χ0v) is 51.3. The molecule has 0 fully saturated rings. The third-order valence-electron chi connectivity index (χ3n) is 12.9. The first-order valence-electron chi connectivity index (χ1n) is 32.1. The van der Waals surface area contributed by atoms with Crippen molar-refractivity contribution in [3.05, 3.63) is 170 Å². The molecule has 0 aliphatic rings. The molecular weight excluding hydrogens is 985 g/mol. The highest BCUT2D eigenvalue weighted by atomic mass is 16.6. The third-order valence-corrected chi connectivity index (χ3v) is 12.9. The SMILES string of the molecule is CC/C=C\C/C=C\C/C=C\C/C=C\C/C=C\C/C=C\C/C=C\C/C=C\CCCCC(=O)OCC(COC(=O)CCCCCCC/C=C\CCCCC)OC(=O)CCCCCCCCC/C=C\C/C=C\C/C=C\C/C=C\C/C=C\CC. The molecule has 80 heavy (non-hydrogen) atoms. The van der Waals surface area contributed by atoms with Crippen molar-refractivity contribution in [2.75, 3.05) is 13.2 Å². The van der Waals surface area contributed by atoms with E-state index in [1.54, 1.807) is 0 Å². The average molecular weight is 1100 g/mol. The van der Waals surface area contributed by atoms with Crippen LogP contribution in [-0.4, -0.2) is 37.2 Å². The summed E-state index contributed by atoms with van der Waals surface area (Å²) in [5, 5.41) is 0. The molecule has 0 aliphatic heterocycles. The summed E-state index contributed by atoms with van der Waals surface area (Å²) in [7, 11) is 0. The van der Waals surface area contributed by atoms with Crippen LogP contribution in [0.3, 0.4) is 0 Å².